The van der Waals surface area contributed by atoms with Crippen molar-refractivity contribution in [2.75, 3.05) is 0 Å². The van der Waals surface area contributed by atoms with E-state index in [0.717, 1.165) is 44.1 Å². The van der Waals surface area contributed by atoms with Crippen molar-refractivity contribution >= 4 is 32.7 Å². The van der Waals surface area contributed by atoms with E-state index in [4.69, 9.17) is 9.72 Å². The summed E-state index contributed by atoms with van der Waals surface area (Å²) in [7, 11) is 0. The summed E-state index contributed by atoms with van der Waals surface area (Å²) in [5, 5.41) is 13.2. The molecule has 0 saturated heterocycles. The van der Waals surface area contributed by atoms with Crippen molar-refractivity contribution in [3.63, 3.8) is 0 Å². The Kier molecular flexibility index (Phi) is 6.14. The Bertz CT molecular complexity index is 1930. The minimum Gasteiger partial charge on any atom is -0.506 e. The largest absolute Gasteiger partial charge is 0.506 e. The SMILES string of the molecule is Oc1cccc2ccc(Oc3[c-]c4c(cc3)c3ccccc3n4-c3cc(-c4ccccc4)ccn3)nc12.[Pt]. The van der Waals surface area contributed by atoms with Gasteiger partial charge in [-0.1, -0.05) is 66.2 Å². The first-order valence-corrected chi connectivity index (χ1v) is 12.0. The maximum Gasteiger partial charge on any atom is 0.217 e. The molecule has 0 amide bonds. The van der Waals surface area contributed by atoms with E-state index in [0.29, 0.717) is 17.1 Å². The maximum absolute atomic E-state index is 10.2. The first-order chi connectivity index (χ1) is 18.2. The molecule has 5 nitrogen and oxygen atoms in total. The Morgan fingerprint density at radius 2 is 1.58 bits per heavy atom. The van der Waals surface area contributed by atoms with Crippen molar-refractivity contribution < 1.29 is 30.9 Å². The summed E-state index contributed by atoms with van der Waals surface area (Å²) in [6.45, 7) is 0. The van der Waals surface area contributed by atoms with E-state index in [2.05, 4.69) is 45.9 Å². The molecule has 0 aliphatic heterocycles. The van der Waals surface area contributed by atoms with Gasteiger partial charge in [0.25, 0.3) is 0 Å². The molecule has 0 fully saturated rings. The van der Waals surface area contributed by atoms with Gasteiger partial charge < -0.3 is 14.4 Å². The van der Waals surface area contributed by atoms with E-state index in [-0.39, 0.29) is 26.8 Å². The summed E-state index contributed by atoms with van der Waals surface area (Å²) in [5.41, 5.74) is 4.61. The normalized spacial score (nSPS) is 11.1. The standard InChI is InChI=1S/C32H20N3O2.Pt/c36-29-12-6-9-22-13-16-31(34-32(22)29)37-24-14-15-26-25-10-4-5-11-27(25)35(28(26)20-24)30-19-23(17-18-33-30)21-7-2-1-3-8-21;/h1-19,36H;/q-1;. The van der Waals surface area contributed by atoms with Gasteiger partial charge in [-0.3, -0.25) is 0 Å². The molecule has 0 atom stereocenters. The molecule has 186 valence electrons. The zero-order valence-electron chi connectivity index (χ0n) is 20.0. The predicted octanol–water partition coefficient (Wildman–Crippen LogP) is 7.69. The Balaban J connectivity index is 0.00000264. The third-order valence-electron chi connectivity index (χ3n) is 6.53. The molecule has 3 aromatic heterocycles. The summed E-state index contributed by atoms with van der Waals surface area (Å²) in [4.78, 5) is 9.23. The molecule has 0 radical (unpaired) electrons. The average molecular weight is 674 g/mol. The summed E-state index contributed by atoms with van der Waals surface area (Å²) >= 11 is 0. The summed E-state index contributed by atoms with van der Waals surface area (Å²) < 4.78 is 8.23. The minimum absolute atomic E-state index is 0. The molecule has 0 aliphatic carbocycles. The second-order valence-electron chi connectivity index (χ2n) is 8.81. The van der Waals surface area contributed by atoms with Gasteiger partial charge in [0.2, 0.25) is 5.88 Å². The van der Waals surface area contributed by atoms with E-state index >= 15 is 0 Å². The van der Waals surface area contributed by atoms with Crippen LogP contribution in [0.4, 0.5) is 0 Å². The second-order valence-corrected chi connectivity index (χ2v) is 8.81. The summed E-state index contributed by atoms with van der Waals surface area (Å²) in [6.07, 6.45) is 1.84. The number of hydrogen-bond acceptors (Lipinski definition) is 4. The van der Waals surface area contributed by atoms with E-state index in [9.17, 15) is 5.11 Å². The van der Waals surface area contributed by atoms with Crippen molar-refractivity contribution in [2.45, 2.75) is 0 Å². The zero-order valence-corrected chi connectivity index (χ0v) is 22.3. The molecule has 0 spiro atoms. The quantitative estimate of drug-likeness (QED) is 0.195. The number of phenolic OH excluding ortho intramolecular Hbond substituents is 1. The third kappa shape index (κ3) is 4.11. The molecule has 1 N–H and O–H groups in total. The Labute approximate surface area is 233 Å². The zero-order chi connectivity index (χ0) is 24.8. The second kappa shape index (κ2) is 9.77. The van der Waals surface area contributed by atoms with Gasteiger partial charge in [0, 0.05) is 50.0 Å². The van der Waals surface area contributed by atoms with Crippen LogP contribution in [0.1, 0.15) is 0 Å². The van der Waals surface area contributed by atoms with Crippen molar-refractivity contribution in [1.82, 2.24) is 14.5 Å². The number of hydrogen-bond donors (Lipinski definition) is 1. The molecular weight excluding hydrogens is 653 g/mol. The van der Waals surface area contributed by atoms with Crippen LogP contribution in [0.2, 0.25) is 0 Å². The Morgan fingerprint density at radius 1 is 0.737 bits per heavy atom. The number of fused-ring (bicyclic) bond motifs is 4. The summed E-state index contributed by atoms with van der Waals surface area (Å²) in [5.74, 6) is 1.83. The molecule has 3 heterocycles. The molecule has 4 aromatic carbocycles. The van der Waals surface area contributed by atoms with Crippen molar-refractivity contribution in [1.29, 1.82) is 0 Å². The van der Waals surface area contributed by atoms with Crippen LogP contribution < -0.4 is 4.74 Å². The smallest absolute Gasteiger partial charge is 0.217 e. The predicted molar refractivity (Wildman–Crippen MR) is 146 cm³/mol. The molecular formula is C32H20N3O2Pt-. The van der Waals surface area contributed by atoms with Gasteiger partial charge >= 0.3 is 0 Å². The van der Waals surface area contributed by atoms with Gasteiger partial charge in [-0.25, -0.2) is 9.97 Å². The van der Waals surface area contributed by atoms with E-state index in [1.54, 1.807) is 18.2 Å². The maximum atomic E-state index is 10.2. The number of aromatic nitrogens is 3. The molecule has 0 bridgehead atoms. The fourth-order valence-corrected chi connectivity index (χ4v) is 4.81. The number of aromatic hydroxyl groups is 1. The fraction of sp³-hybridized carbons (Fsp3) is 0. The number of ether oxygens (including phenoxy) is 1. The minimum atomic E-state index is 0. The number of rotatable bonds is 4. The van der Waals surface area contributed by atoms with Crippen LogP contribution in [0.5, 0.6) is 17.4 Å². The van der Waals surface area contributed by atoms with Crippen LogP contribution in [0.25, 0.3) is 49.7 Å². The van der Waals surface area contributed by atoms with Crippen LogP contribution >= 0.6 is 0 Å². The van der Waals surface area contributed by atoms with Crippen molar-refractivity contribution in [2.24, 2.45) is 0 Å². The number of benzene rings is 4. The van der Waals surface area contributed by atoms with Crippen molar-refractivity contribution in [3.8, 4) is 34.3 Å². The molecule has 6 heteroatoms. The van der Waals surface area contributed by atoms with E-state index < -0.39 is 0 Å². The van der Waals surface area contributed by atoms with Gasteiger partial charge in [0.05, 0.1) is 0 Å². The average Bonchev–Trinajstić information content (AvgIpc) is 3.28. The van der Waals surface area contributed by atoms with Gasteiger partial charge in [0.1, 0.15) is 17.1 Å². The number of phenols is 1. The van der Waals surface area contributed by atoms with Crippen LogP contribution in [0.3, 0.4) is 0 Å². The topological polar surface area (TPSA) is 60.2 Å². The van der Waals surface area contributed by atoms with Gasteiger partial charge in [-0.15, -0.1) is 17.5 Å². The first-order valence-electron chi connectivity index (χ1n) is 12.0. The van der Waals surface area contributed by atoms with E-state index in [1.165, 1.54) is 0 Å². The van der Waals surface area contributed by atoms with E-state index in [1.807, 2.05) is 66.9 Å². The van der Waals surface area contributed by atoms with Crippen molar-refractivity contribution in [3.05, 3.63) is 121 Å². The Morgan fingerprint density at radius 3 is 2.47 bits per heavy atom. The van der Waals surface area contributed by atoms with Gasteiger partial charge in [0.15, 0.2) is 0 Å². The fourth-order valence-electron chi connectivity index (χ4n) is 4.81. The molecule has 7 rings (SSSR count). The number of pyridine rings is 2. The molecule has 38 heavy (non-hydrogen) atoms. The number of nitrogens with zero attached hydrogens (tertiary/aromatic N) is 3. The first kappa shape index (κ1) is 23.9. The molecule has 0 unspecified atom stereocenters. The molecule has 0 aliphatic rings. The van der Waals surface area contributed by atoms with Crippen LogP contribution in [-0.4, -0.2) is 19.6 Å². The third-order valence-corrected chi connectivity index (χ3v) is 6.53. The number of para-hydroxylation sites is 2. The van der Waals surface area contributed by atoms with Gasteiger partial charge in [-0.05, 0) is 46.8 Å². The van der Waals surface area contributed by atoms with Gasteiger partial charge in [-0.2, -0.15) is 6.07 Å². The van der Waals surface area contributed by atoms with Crippen LogP contribution in [-0.2, 0) is 21.1 Å². The summed E-state index contributed by atoms with van der Waals surface area (Å²) in [6, 6.07) is 39.0. The Hall–Kier alpha value is -4.47. The van der Waals surface area contributed by atoms with Crippen LogP contribution in [0.15, 0.2) is 115 Å². The van der Waals surface area contributed by atoms with Crippen LogP contribution in [0, 0.1) is 6.07 Å². The molecule has 7 aromatic rings. The monoisotopic (exact) mass is 673 g/mol. The molecule has 0 saturated carbocycles.